The average molecular weight is 300 g/mol. The monoisotopic (exact) mass is 299 g/mol. The van der Waals surface area contributed by atoms with E-state index < -0.39 is 5.95 Å². The summed E-state index contributed by atoms with van der Waals surface area (Å²) in [6.45, 7) is 0. The molecule has 0 fully saturated rings. The third kappa shape index (κ3) is 2.88. The Morgan fingerprint density at radius 2 is 1.86 bits per heavy atom. The second kappa shape index (κ2) is 5.69. The lowest BCUT2D eigenvalue weighted by Crippen LogP contribution is -1.97. The smallest absolute Gasteiger partial charge is 0.212 e. The van der Waals surface area contributed by atoms with Crippen LogP contribution in [0.2, 0.25) is 5.15 Å². The topological polar surface area (TPSA) is 56.5 Å². The van der Waals surface area contributed by atoms with Crippen LogP contribution in [0.3, 0.4) is 0 Å². The molecule has 0 amide bonds. The fourth-order valence-corrected chi connectivity index (χ4v) is 1.81. The number of hydrogen-bond acceptors (Lipinski definition) is 4. The summed E-state index contributed by atoms with van der Waals surface area (Å²) < 4.78 is 14.2. The first-order chi connectivity index (χ1) is 10.2. The van der Waals surface area contributed by atoms with Gasteiger partial charge in [0.2, 0.25) is 11.8 Å². The van der Waals surface area contributed by atoms with E-state index in [0.29, 0.717) is 22.2 Å². The van der Waals surface area contributed by atoms with E-state index in [2.05, 4.69) is 31.9 Å². The van der Waals surface area contributed by atoms with Crippen LogP contribution < -0.4 is 0 Å². The number of pyridine rings is 1. The number of hydrogen-bond donors (Lipinski definition) is 0. The molecule has 3 heterocycles. The van der Waals surface area contributed by atoms with Gasteiger partial charge in [0.25, 0.3) is 0 Å². The number of rotatable bonds is 1. The van der Waals surface area contributed by atoms with Crippen molar-refractivity contribution in [3.05, 3.63) is 65.5 Å². The summed E-state index contributed by atoms with van der Waals surface area (Å²) in [7, 11) is 0. The van der Waals surface area contributed by atoms with Gasteiger partial charge >= 0.3 is 0 Å². The third-order valence-corrected chi connectivity index (χ3v) is 2.91. The average Bonchev–Trinajstić information content (AvgIpc) is 2.88. The van der Waals surface area contributed by atoms with Crippen LogP contribution in [0.4, 0.5) is 4.39 Å². The van der Waals surface area contributed by atoms with Crippen molar-refractivity contribution in [2.24, 2.45) is 0 Å². The lowest BCUT2D eigenvalue weighted by Gasteiger charge is -2.01. The maximum Gasteiger partial charge on any atom is 0.212 e. The second-order valence-corrected chi connectivity index (χ2v) is 4.28. The summed E-state index contributed by atoms with van der Waals surface area (Å²) in [6.07, 6.45) is 6.06. The molecular weight excluding hydrogens is 293 g/mol. The van der Waals surface area contributed by atoms with Crippen molar-refractivity contribution in [1.82, 2.24) is 24.7 Å². The van der Waals surface area contributed by atoms with Gasteiger partial charge in [0.05, 0.1) is 23.6 Å². The Morgan fingerprint density at radius 1 is 1.05 bits per heavy atom. The van der Waals surface area contributed by atoms with Crippen molar-refractivity contribution in [2.75, 3.05) is 0 Å². The maximum absolute atomic E-state index is 12.8. The van der Waals surface area contributed by atoms with E-state index >= 15 is 0 Å². The zero-order valence-corrected chi connectivity index (χ0v) is 11.3. The van der Waals surface area contributed by atoms with Gasteiger partial charge in [-0.05, 0) is 24.1 Å². The van der Waals surface area contributed by atoms with Crippen LogP contribution >= 0.6 is 11.6 Å². The minimum Gasteiger partial charge on any atom is -0.229 e. The molecule has 21 heavy (non-hydrogen) atoms. The Bertz CT molecular complexity index is 818. The Kier molecular flexibility index (Phi) is 3.58. The minimum atomic E-state index is -0.566. The summed E-state index contributed by atoms with van der Waals surface area (Å²) in [4.78, 5) is 11.5. The molecule has 0 radical (unpaired) electrons. The van der Waals surface area contributed by atoms with Crippen molar-refractivity contribution in [3.63, 3.8) is 0 Å². The molecule has 0 aromatic carbocycles. The van der Waals surface area contributed by atoms with E-state index in [4.69, 9.17) is 11.6 Å². The van der Waals surface area contributed by atoms with Gasteiger partial charge < -0.3 is 0 Å². The highest BCUT2D eigenvalue weighted by molar-refractivity contribution is 6.31. The highest BCUT2D eigenvalue weighted by Crippen LogP contribution is 2.18. The van der Waals surface area contributed by atoms with Crippen molar-refractivity contribution >= 4 is 11.6 Å². The second-order valence-electron chi connectivity index (χ2n) is 3.92. The molecule has 0 saturated heterocycles. The molecule has 5 nitrogen and oxygen atoms in total. The number of nitrogens with zero attached hydrogens (tertiary/aromatic N) is 5. The first-order valence-corrected chi connectivity index (χ1v) is 6.26. The highest BCUT2D eigenvalue weighted by atomic mass is 35.5. The molecule has 0 atom stereocenters. The van der Waals surface area contributed by atoms with Crippen LogP contribution in [0.25, 0.3) is 5.69 Å². The van der Waals surface area contributed by atoms with E-state index in [9.17, 15) is 4.39 Å². The largest absolute Gasteiger partial charge is 0.229 e. The van der Waals surface area contributed by atoms with E-state index in [1.54, 1.807) is 18.5 Å². The molecule has 3 aromatic rings. The molecule has 0 spiro atoms. The van der Waals surface area contributed by atoms with Crippen LogP contribution in [0, 0.1) is 17.8 Å². The van der Waals surface area contributed by atoms with Gasteiger partial charge in [0, 0.05) is 12.4 Å². The van der Waals surface area contributed by atoms with Gasteiger partial charge in [-0.25, -0.2) is 19.6 Å². The normalized spacial score (nSPS) is 10.0. The molecule has 3 rings (SSSR count). The van der Waals surface area contributed by atoms with Crippen LogP contribution in [-0.2, 0) is 0 Å². The Morgan fingerprint density at radius 3 is 2.57 bits per heavy atom. The molecule has 0 saturated carbocycles. The summed E-state index contributed by atoms with van der Waals surface area (Å²) in [5.74, 6) is 5.46. The Balaban J connectivity index is 1.93. The molecular formula is C14H7ClFN5. The maximum atomic E-state index is 12.8. The molecule has 0 unspecified atom stereocenters. The lowest BCUT2D eigenvalue weighted by atomic mass is 10.3. The highest BCUT2D eigenvalue weighted by Gasteiger charge is 2.08. The molecule has 102 valence electrons. The van der Waals surface area contributed by atoms with Crippen molar-refractivity contribution < 1.29 is 4.39 Å². The van der Waals surface area contributed by atoms with Crippen LogP contribution in [-0.4, -0.2) is 24.7 Å². The lowest BCUT2D eigenvalue weighted by molar-refractivity contribution is 0.582. The molecule has 0 aliphatic rings. The van der Waals surface area contributed by atoms with Gasteiger partial charge in [-0.3, -0.25) is 0 Å². The summed E-state index contributed by atoms with van der Waals surface area (Å²) in [5.41, 5.74) is 1.07. The quantitative estimate of drug-likeness (QED) is 0.511. The van der Waals surface area contributed by atoms with Gasteiger partial charge in [-0.2, -0.15) is 9.49 Å². The molecule has 0 aliphatic heterocycles. The Labute approximate surface area is 124 Å². The summed E-state index contributed by atoms with van der Waals surface area (Å²) in [5, 5.41) is 4.42. The number of halogens is 2. The van der Waals surface area contributed by atoms with E-state index in [-0.39, 0.29) is 0 Å². The van der Waals surface area contributed by atoms with Gasteiger partial charge in [-0.15, -0.1) is 0 Å². The SMILES string of the molecule is Fc1ccc(-n2ncc(C#Cc3ncccn3)c2Cl)cn1. The van der Waals surface area contributed by atoms with Gasteiger partial charge in [-0.1, -0.05) is 17.5 Å². The van der Waals surface area contributed by atoms with Crippen molar-refractivity contribution in [2.45, 2.75) is 0 Å². The predicted octanol–water partition coefficient (Wildman–Crippen LogP) is 2.25. The molecule has 0 N–H and O–H groups in total. The third-order valence-electron chi connectivity index (χ3n) is 2.54. The molecule has 3 aromatic heterocycles. The zero-order chi connectivity index (χ0) is 14.7. The van der Waals surface area contributed by atoms with Crippen molar-refractivity contribution in [1.29, 1.82) is 0 Å². The van der Waals surface area contributed by atoms with E-state index in [1.807, 2.05) is 0 Å². The van der Waals surface area contributed by atoms with Gasteiger partial charge in [0.15, 0.2) is 0 Å². The van der Waals surface area contributed by atoms with E-state index in [1.165, 1.54) is 29.2 Å². The first kappa shape index (κ1) is 13.2. The zero-order valence-electron chi connectivity index (χ0n) is 10.5. The first-order valence-electron chi connectivity index (χ1n) is 5.88. The van der Waals surface area contributed by atoms with E-state index in [0.717, 1.165) is 0 Å². The summed E-state index contributed by atoms with van der Waals surface area (Å²) in [6, 6.07) is 4.47. The predicted molar refractivity (Wildman–Crippen MR) is 74.3 cm³/mol. The van der Waals surface area contributed by atoms with Crippen molar-refractivity contribution in [3.8, 4) is 17.5 Å². The van der Waals surface area contributed by atoms with Crippen LogP contribution in [0.15, 0.2) is 43.0 Å². The molecule has 0 aliphatic carbocycles. The van der Waals surface area contributed by atoms with Gasteiger partial charge in [0.1, 0.15) is 5.15 Å². The minimum absolute atomic E-state index is 0.312. The standard InChI is InChI=1S/C14H7ClFN5/c15-14-10(2-5-13-17-6-1-7-18-13)8-20-21(14)11-3-4-12(16)19-9-11/h1,3-4,6-9H. The summed E-state index contributed by atoms with van der Waals surface area (Å²) >= 11 is 6.20. The Hall–Kier alpha value is -2.78. The molecule has 0 bridgehead atoms. The van der Waals surface area contributed by atoms with Crippen LogP contribution in [0.5, 0.6) is 0 Å². The fraction of sp³-hybridized carbons (Fsp3) is 0. The fourth-order valence-electron chi connectivity index (χ4n) is 1.58. The molecule has 7 heteroatoms. The van der Waals surface area contributed by atoms with Crippen LogP contribution in [0.1, 0.15) is 11.4 Å². The number of aromatic nitrogens is 5.